The molecule has 1 aromatic rings. The number of amides is 1. The van der Waals surface area contributed by atoms with E-state index in [0.29, 0.717) is 5.56 Å². The van der Waals surface area contributed by atoms with Crippen molar-refractivity contribution in [1.29, 1.82) is 5.26 Å². The third-order valence-electron chi connectivity index (χ3n) is 1.63. The molecule has 0 aliphatic carbocycles. The quantitative estimate of drug-likeness (QED) is 0.720. The zero-order valence-electron chi connectivity index (χ0n) is 7.67. The summed E-state index contributed by atoms with van der Waals surface area (Å²) in [6, 6.07) is 5.81. The molecule has 0 spiro atoms. The first kappa shape index (κ1) is 10.2. The molecule has 14 heavy (non-hydrogen) atoms. The highest BCUT2D eigenvalue weighted by molar-refractivity contribution is 5.94. The summed E-state index contributed by atoms with van der Waals surface area (Å²) in [5.41, 5.74) is 0.907. The van der Waals surface area contributed by atoms with Crippen molar-refractivity contribution in [3.63, 3.8) is 0 Å². The summed E-state index contributed by atoms with van der Waals surface area (Å²) >= 11 is 0. The average Bonchev–Trinajstić information content (AvgIpc) is 2.12. The van der Waals surface area contributed by atoms with Gasteiger partial charge in [-0.3, -0.25) is 4.79 Å². The molecular formula is C10H9FN2O. The predicted molar refractivity (Wildman–Crippen MR) is 49.1 cm³/mol. The van der Waals surface area contributed by atoms with Crippen molar-refractivity contribution in [1.82, 2.24) is 5.32 Å². The van der Waals surface area contributed by atoms with Gasteiger partial charge in [-0.05, 0) is 30.7 Å². The first-order valence-electron chi connectivity index (χ1n) is 4.06. The highest BCUT2D eigenvalue weighted by Gasteiger charge is 2.06. The molecule has 0 heterocycles. The first-order chi connectivity index (χ1) is 6.63. The van der Waals surface area contributed by atoms with Crippen LogP contribution in [0.2, 0.25) is 0 Å². The van der Waals surface area contributed by atoms with E-state index >= 15 is 0 Å². The van der Waals surface area contributed by atoms with Crippen LogP contribution < -0.4 is 5.32 Å². The molecule has 0 bridgehead atoms. The standard InChI is InChI=1S/C10H9FN2O/c1-7-4-8(6-9(11)5-7)10(14)13-3-2-12/h4-6H,3H2,1H3,(H,13,14). The third-order valence-corrected chi connectivity index (χ3v) is 1.63. The number of halogens is 1. The fourth-order valence-electron chi connectivity index (χ4n) is 1.09. The van der Waals surface area contributed by atoms with Crippen molar-refractivity contribution >= 4 is 5.91 Å². The molecule has 0 aliphatic heterocycles. The average molecular weight is 192 g/mol. The Hall–Kier alpha value is -1.89. The normalized spacial score (nSPS) is 9.21. The smallest absolute Gasteiger partial charge is 0.252 e. The summed E-state index contributed by atoms with van der Waals surface area (Å²) < 4.78 is 12.9. The zero-order valence-corrected chi connectivity index (χ0v) is 7.67. The van der Waals surface area contributed by atoms with Crippen LogP contribution in [0.3, 0.4) is 0 Å². The number of rotatable bonds is 2. The molecular weight excluding hydrogens is 183 g/mol. The molecule has 72 valence electrons. The molecule has 0 saturated carbocycles. The Morgan fingerprint density at radius 2 is 2.29 bits per heavy atom. The number of aryl methyl sites for hydroxylation is 1. The minimum absolute atomic E-state index is 0.0750. The van der Waals surface area contributed by atoms with Crippen LogP contribution in [-0.2, 0) is 0 Å². The number of hydrogen-bond donors (Lipinski definition) is 1. The van der Waals surface area contributed by atoms with Gasteiger partial charge in [0.1, 0.15) is 12.4 Å². The molecule has 0 atom stereocenters. The van der Waals surface area contributed by atoms with Gasteiger partial charge in [0.15, 0.2) is 0 Å². The molecule has 0 unspecified atom stereocenters. The van der Waals surface area contributed by atoms with Gasteiger partial charge in [0.25, 0.3) is 5.91 Å². The minimum atomic E-state index is -0.452. The summed E-state index contributed by atoms with van der Waals surface area (Å²) in [5, 5.41) is 10.6. The fourth-order valence-corrected chi connectivity index (χ4v) is 1.09. The van der Waals surface area contributed by atoms with E-state index in [1.165, 1.54) is 6.07 Å². The zero-order chi connectivity index (χ0) is 10.6. The van der Waals surface area contributed by atoms with Crippen LogP contribution >= 0.6 is 0 Å². The maximum atomic E-state index is 12.9. The number of hydrogen-bond acceptors (Lipinski definition) is 2. The Balaban J connectivity index is 2.85. The number of nitriles is 1. The van der Waals surface area contributed by atoms with Crippen LogP contribution in [0.4, 0.5) is 4.39 Å². The highest BCUT2D eigenvalue weighted by Crippen LogP contribution is 2.07. The van der Waals surface area contributed by atoms with Crippen LogP contribution in [0.15, 0.2) is 18.2 Å². The Morgan fingerprint density at radius 3 is 2.86 bits per heavy atom. The number of nitrogens with one attached hydrogen (secondary N) is 1. The molecule has 0 aliphatic rings. The van der Waals surface area contributed by atoms with E-state index in [9.17, 15) is 9.18 Å². The Morgan fingerprint density at radius 1 is 1.57 bits per heavy atom. The van der Waals surface area contributed by atoms with Crippen LogP contribution in [0, 0.1) is 24.1 Å². The molecule has 4 heteroatoms. The van der Waals surface area contributed by atoms with E-state index in [-0.39, 0.29) is 12.1 Å². The van der Waals surface area contributed by atoms with Crippen molar-refractivity contribution in [2.45, 2.75) is 6.92 Å². The van der Waals surface area contributed by atoms with Crippen LogP contribution in [-0.4, -0.2) is 12.5 Å². The first-order valence-corrected chi connectivity index (χ1v) is 4.06. The molecule has 3 nitrogen and oxygen atoms in total. The second-order valence-corrected chi connectivity index (χ2v) is 2.86. The molecule has 1 N–H and O–H groups in total. The van der Waals surface area contributed by atoms with Crippen molar-refractivity contribution < 1.29 is 9.18 Å². The molecule has 1 aromatic carbocycles. The Kier molecular flexibility index (Phi) is 3.19. The Bertz CT molecular complexity index is 375. The second kappa shape index (κ2) is 4.38. The SMILES string of the molecule is Cc1cc(F)cc(C(=O)NCC#N)c1. The van der Waals surface area contributed by atoms with E-state index in [0.717, 1.165) is 6.07 Å². The van der Waals surface area contributed by atoms with Gasteiger partial charge in [-0.1, -0.05) is 0 Å². The van der Waals surface area contributed by atoms with Gasteiger partial charge in [-0.2, -0.15) is 5.26 Å². The number of carbonyl (C=O) groups excluding carboxylic acids is 1. The molecule has 0 aromatic heterocycles. The number of carbonyl (C=O) groups is 1. The monoisotopic (exact) mass is 192 g/mol. The van der Waals surface area contributed by atoms with Crippen molar-refractivity contribution in [3.8, 4) is 6.07 Å². The van der Waals surface area contributed by atoms with Gasteiger partial charge < -0.3 is 5.32 Å². The lowest BCUT2D eigenvalue weighted by Gasteiger charge is -2.02. The van der Waals surface area contributed by atoms with Gasteiger partial charge in [0, 0.05) is 5.56 Å². The summed E-state index contributed by atoms with van der Waals surface area (Å²) in [6.07, 6.45) is 0. The maximum Gasteiger partial charge on any atom is 0.252 e. The van der Waals surface area contributed by atoms with Gasteiger partial charge in [0.05, 0.1) is 6.07 Å². The van der Waals surface area contributed by atoms with Gasteiger partial charge in [0.2, 0.25) is 0 Å². The number of nitrogens with zero attached hydrogens (tertiary/aromatic N) is 1. The maximum absolute atomic E-state index is 12.9. The number of benzene rings is 1. The fraction of sp³-hybridized carbons (Fsp3) is 0.200. The van der Waals surface area contributed by atoms with Crippen LogP contribution in [0.1, 0.15) is 15.9 Å². The van der Waals surface area contributed by atoms with Gasteiger partial charge >= 0.3 is 0 Å². The molecule has 0 saturated heterocycles. The molecule has 0 radical (unpaired) electrons. The van der Waals surface area contributed by atoms with Crippen LogP contribution in [0.5, 0.6) is 0 Å². The molecule has 0 fully saturated rings. The predicted octanol–water partition coefficient (Wildman–Crippen LogP) is 1.39. The molecule has 1 rings (SSSR count). The Labute approximate surface area is 81.2 Å². The summed E-state index contributed by atoms with van der Waals surface area (Å²) in [5.74, 6) is -0.888. The summed E-state index contributed by atoms with van der Waals surface area (Å²) in [7, 11) is 0. The largest absolute Gasteiger partial charge is 0.339 e. The molecule has 1 amide bonds. The van der Waals surface area contributed by atoms with Crippen LogP contribution in [0.25, 0.3) is 0 Å². The van der Waals surface area contributed by atoms with Gasteiger partial charge in [-0.15, -0.1) is 0 Å². The topological polar surface area (TPSA) is 52.9 Å². The van der Waals surface area contributed by atoms with Crippen molar-refractivity contribution in [2.24, 2.45) is 0 Å². The lowest BCUT2D eigenvalue weighted by molar-refractivity contribution is 0.0958. The highest BCUT2D eigenvalue weighted by atomic mass is 19.1. The second-order valence-electron chi connectivity index (χ2n) is 2.86. The van der Waals surface area contributed by atoms with Crippen molar-refractivity contribution in [2.75, 3.05) is 6.54 Å². The summed E-state index contributed by atoms with van der Waals surface area (Å²) in [4.78, 5) is 11.3. The minimum Gasteiger partial charge on any atom is -0.339 e. The van der Waals surface area contributed by atoms with E-state index in [1.54, 1.807) is 19.1 Å². The lowest BCUT2D eigenvalue weighted by atomic mass is 10.1. The van der Waals surface area contributed by atoms with E-state index < -0.39 is 11.7 Å². The van der Waals surface area contributed by atoms with E-state index in [1.807, 2.05) is 0 Å². The van der Waals surface area contributed by atoms with Gasteiger partial charge in [-0.25, -0.2) is 4.39 Å². The summed E-state index contributed by atoms with van der Waals surface area (Å²) in [6.45, 7) is 1.62. The lowest BCUT2D eigenvalue weighted by Crippen LogP contribution is -2.23. The third kappa shape index (κ3) is 2.56. The van der Waals surface area contributed by atoms with Crippen molar-refractivity contribution in [3.05, 3.63) is 35.1 Å². The van der Waals surface area contributed by atoms with E-state index in [4.69, 9.17) is 5.26 Å². The van der Waals surface area contributed by atoms with E-state index in [2.05, 4.69) is 5.32 Å².